The van der Waals surface area contributed by atoms with Gasteiger partial charge in [0.25, 0.3) is 0 Å². The highest BCUT2D eigenvalue weighted by atomic mass is 35.5. The van der Waals surface area contributed by atoms with Gasteiger partial charge < -0.3 is 0 Å². The van der Waals surface area contributed by atoms with E-state index in [4.69, 9.17) is 11.6 Å². The quantitative estimate of drug-likeness (QED) is 0.619. The van der Waals surface area contributed by atoms with Crippen LogP contribution in [0.25, 0.3) is 0 Å². The average Bonchev–Trinajstić information content (AvgIpc) is 2.35. The second kappa shape index (κ2) is 7.56. The van der Waals surface area contributed by atoms with E-state index < -0.39 is 10.0 Å². The number of allylic oxidation sites excluding steroid dienone is 1. The van der Waals surface area contributed by atoms with Crippen LogP contribution in [0.5, 0.6) is 0 Å². The van der Waals surface area contributed by atoms with E-state index in [1.54, 1.807) is 12.2 Å². The summed E-state index contributed by atoms with van der Waals surface area (Å²) in [5, 5.41) is 0. The number of halogens is 1. The highest BCUT2D eigenvalue weighted by molar-refractivity contribution is 7.89. The Hall–Kier alpha value is -0.840. The molecule has 0 bridgehead atoms. The average molecular weight is 288 g/mol. The number of hydrogen-bond acceptors (Lipinski definition) is 2. The smallest absolute Gasteiger partial charge is 0.212 e. The summed E-state index contributed by atoms with van der Waals surface area (Å²) in [4.78, 5) is 0. The first-order chi connectivity index (χ1) is 8.55. The number of hydrogen-bond donors (Lipinski definition) is 1. The Bertz CT molecular complexity index is 471. The molecule has 0 fully saturated rings. The predicted molar refractivity (Wildman–Crippen MR) is 76.5 cm³/mol. The minimum atomic E-state index is -3.25. The van der Waals surface area contributed by atoms with E-state index in [-0.39, 0.29) is 18.2 Å². The van der Waals surface area contributed by atoms with Gasteiger partial charge in [0, 0.05) is 12.4 Å². The van der Waals surface area contributed by atoms with E-state index in [0.717, 1.165) is 5.56 Å². The summed E-state index contributed by atoms with van der Waals surface area (Å²) in [7, 11) is -3.25. The molecule has 0 aliphatic rings. The SMILES string of the molecule is CC(CS(=O)(=O)NC/C=C/CCl)c1ccccc1. The van der Waals surface area contributed by atoms with Crippen molar-refractivity contribution >= 4 is 21.6 Å². The second-order valence-corrected chi connectivity index (χ2v) is 6.23. The first-order valence-corrected chi connectivity index (χ1v) is 7.97. The van der Waals surface area contributed by atoms with E-state index in [1.807, 2.05) is 37.3 Å². The summed E-state index contributed by atoms with van der Waals surface area (Å²) >= 11 is 5.45. The highest BCUT2D eigenvalue weighted by Crippen LogP contribution is 2.15. The largest absolute Gasteiger partial charge is 0.212 e. The van der Waals surface area contributed by atoms with Crippen LogP contribution < -0.4 is 4.72 Å². The lowest BCUT2D eigenvalue weighted by Gasteiger charge is -2.12. The van der Waals surface area contributed by atoms with E-state index in [2.05, 4.69) is 4.72 Å². The van der Waals surface area contributed by atoms with Gasteiger partial charge in [-0.3, -0.25) is 0 Å². The molecule has 1 aromatic carbocycles. The number of alkyl halides is 1. The van der Waals surface area contributed by atoms with Gasteiger partial charge in [-0.05, 0) is 11.5 Å². The number of benzene rings is 1. The third-order valence-corrected chi connectivity index (χ3v) is 4.24. The summed E-state index contributed by atoms with van der Waals surface area (Å²) < 4.78 is 26.1. The number of nitrogens with one attached hydrogen (secondary N) is 1. The molecule has 5 heteroatoms. The van der Waals surface area contributed by atoms with Crippen molar-refractivity contribution in [2.24, 2.45) is 0 Å². The Morgan fingerprint density at radius 1 is 1.28 bits per heavy atom. The highest BCUT2D eigenvalue weighted by Gasteiger charge is 2.15. The lowest BCUT2D eigenvalue weighted by molar-refractivity contribution is 0.580. The fourth-order valence-corrected chi connectivity index (χ4v) is 3.03. The third-order valence-electron chi connectivity index (χ3n) is 2.51. The lowest BCUT2D eigenvalue weighted by atomic mass is 10.0. The van der Waals surface area contributed by atoms with Gasteiger partial charge in [0.1, 0.15) is 0 Å². The summed E-state index contributed by atoms with van der Waals surface area (Å²) in [5.74, 6) is 0.453. The van der Waals surface area contributed by atoms with Crippen molar-refractivity contribution in [1.82, 2.24) is 4.72 Å². The molecule has 0 radical (unpaired) electrons. The Morgan fingerprint density at radius 3 is 2.56 bits per heavy atom. The Labute approximate surface area is 114 Å². The van der Waals surface area contributed by atoms with Gasteiger partial charge in [0.05, 0.1) is 5.75 Å². The molecule has 18 heavy (non-hydrogen) atoms. The van der Waals surface area contributed by atoms with Crippen LogP contribution in [0.1, 0.15) is 18.4 Å². The number of rotatable bonds is 7. The van der Waals surface area contributed by atoms with Gasteiger partial charge in [-0.25, -0.2) is 13.1 Å². The molecule has 1 unspecified atom stereocenters. The fourth-order valence-electron chi connectivity index (χ4n) is 1.59. The maximum absolute atomic E-state index is 11.8. The molecule has 100 valence electrons. The van der Waals surface area contributed by atoms with Gasteiger partial charge in [0.15, 0.2) is 0 Å². The normalized spacial score (nSPS) is 13.9. The Kier molecular flexibility index (Phi) is 6.39. The minimum Gasteiger partial charge on any atom is -0.212 e. The standard InChI is InChI=1S/C13H18ClNO2S/c1-12(13-7-3-2-4-8-13)11-18(16,17)15-10-6-5-9-14/h2-8,12,15H,9-11H2,1H3/b6-5+. The summed E-state index contributed by atoms with van der Waals surface area (Å²) in [6.45, 7) is 2.19. The van der Waals surface area contributed by atoms with Gasteiger partial charge in [-0.1, -0.05) is 49.4 Å². The van der Waals surface area contributed by atoms with E-state index >= 15 is 0 Å². The van der Waals surface area contributed by atoms with Crippen molar-refractivity contribution < 1.29 is 8.42 Å². The molecular weight excluding hydrogens is 270 g/mol. The Morgan fingerprint density at radius 2 is 1.94 bits per heavy atom. The minimum absolute atomic E-state index is 0.0271. The van der Waals surface area contributed by atoms with Crippen molar-refractivity contribution in [1.29, 1.82) is 0 Å². The monoisotopic (exact) mass is 287 g/mol. The third kappa shape index (κ3) is 5.67. The summed E-state index contributed by atoms with van der Waals surface area (Å²) in [6.07, 6.45) is 3.42. The van der Waals surface area contributed by atoms with Crippen LogP contribution in [0.2, 0.25) is 0 Å². The van der Waals surface area contributed by atoms with Gasteiger partial charge in [-0.15, -0.1) is 11.6 Å². The van der Waals surface area contributed by atoms with Crippen LogP contribution in [0.3, 0.4) is 0 Å². The van der Waals surface area contributed by atoms with E-state index in [0.29, 0.717) is 5.88 Å². The van der Waals surface area contributed by atoms with E-state index in [1.165, 1.54) is 0 Å². The lowest BCUT2D eigenvalue weighted by Crippen LogP contribution is -2.28. The topological polar surface area (TPSA) is 46.2 Å². The van der Waals surface area contributed by atoms with Crippen LogP contribution in [0, 0.1) is 0 Å². The molecular formula is C13H18ClNO2S. The predicted octanol–water partition coefficient (Wildman–Crippen LogP) is 2.50. The van der Waals surface area contributed by atoms with Crippen LogP contribution in [-0.2, 0) is 10.0 Å². The molecule has 0 aliphatic carbocycles. The first kappa shape index (κ1) is 15.2. The maximum Gasteiger partial charge on any atom is 0.212 e. The van der Waals surface area contributed by atoms with Crippen molar-refractivity contribution in [2.45, 2.75) is 12.8 Å². The van der Waals surface area contributed by atoms with Crippen molar-refractivity contribution in [3.05, 3.63) is 48.0 Å². The zero-order chi connectivity index (χ0) is 13.4. The molecule has 1 rings (SSSR count). The maximum atomic E-state index is 11.8. The molecule has 0 amide bonds. The summed E-state index contributed by atoms with van der Waals surface area (Å²) in [6, 6.07) is 9.62. The van der Waals surface area contributed by atoms with Crippen molar-refractivity contribution in [3.8, 4) is 0 Å². The molecule has 0 heterocycles. The molecule has 0 spiro atoms. The summed E-state index contributed by atoms with van der Waals surface area (Å²) in [5.41, 5.74) is 1.03. The van der Waals surface area contributed by atoms with Gasteiger partial charge in [0.2, 0.25) is 10.0 Å². The van der Waals surface area contributed by atoms with Crippen LogP contribution in [0.15, 0.2) is 42.5 Å². The Balaban J connectivity index is 2.53. The zero-order valence-corrected chi connectivity index (χ0v) is 11.9. The van der Waals surface area contributed by atoms with E-state index in [9.17, 15) is 8.42 Å². The molecule has 0 aromatic heterocycles. The van der Waals surface area contributed by atoms with Crippen molar-refractivity contribution in [3.63, 3.8) is 0 Å². The molecule has 1 N–H and O–H groups in total. The van der Waals surface area contributed by atoms with Crippen LogP contribution in [-0.4, -0.2) is 26.6 Å². The molecule has 0 aliphatic heterocycles. The first-order valence-electron chi connectivity index (χ1n) is 5.78. The molecule has 1 atom stereocenters. The van der Waals surface area contributed by atoms with Crippen molar-refractivity contribution in [2.75, 3.05) is 18.2 Å². The van der Waals surface area contributed by atoms with Gasteiger partial charge in [-0.2, -0.15) is 0 Å². The zero-order valence-electron chi connectivity index (χ0n) is 10.3. The van der Waals surface area contributed by atoms with Gasteiger partial charge >= 0.3 is 0 Å². The molecule has 0 saturated heterocycles. The molecule has 0 saturated carbocycles. The molecule has 3 nitrogen and oxygen atoms in total. The number of sulfonamides is 1. The van der Waals surface area contributed by atoms with Crippen LogP contribution in [0.4, 0.5) is 0 Å². The molecule has 1 aromatic rings. The fraction of sp³-hybridized carbons (Fsp3) is 0.385. The second-order valence-electron chi connectivity index (χ2n) is 4.07. The van der Waals surface area contributed by atoms with Crippen LogP contribution >= 0.6 is 11.6 Å².